The van der Waals surface area contributed by atoms with E-state index in [9.17, 15) is 9.90 Å². The van der Waals surface area contributed by atoms with Crippen LogP contribution in [-0.4, -0.2) is 48.7 Å². The van der Waals surface area contributed by atoms with Crippen molar-refractivity contribution in [3.8, 4) is 0 Å². The van der Waals surface area contributed by atoms with E-state index in [1.54, 1.807) is 19.0 Å². The molecule has 0 bridgehead atoms. The van der Waals surface area contributed by atoms with Gasteiger partial charge in [0.25, 0.3) is 0 Å². The maximum absolute atomic E-state index is 11.3. The Morgan fingerprint density at radius 3 is 2.20 bits per heavy atom. The van der Waals surface area contributed by atoms with Crippen LogP contribution in [0.1, 0.15) is 33.1 Å². The number of carbonyl (C=O) groups excluding carboxylic acids is 1. The van der Waals surface area contributed by atoms with Gasteiger partial charge in [-0.15, -0.1) is 0 Å². The van der Waals surface area contributed by atoms with Gasteiger partial charge in [-0.3, -0.25) is 4.79 Å². The molecule has 4 heteroatoms. The molecule has 0 aromatic heterocycles. The van der Waals surface area contributed by atoms with Crippen LogP contribution in [0.2, 0.25) is 0 Å². The summed E-state index contributed by atoms with van der Waals surface area (Å²) in [5, 5.41) is 12.6. The van der Waals surface area contributed by atoms with Gasteiger partial charge in [0, 0.05) is 32.6 Å². The molecule has 0 heterocycles. The lowest BCUT2D eigenvalue weighted by Crippen LogP contribution is -2.48. The number of carbonyl (C=O) groups is 1. The molecule has 0 aliphatic rings. The van der Waals surface area contributed by atoms with Crippen molar-refractivity contribution < 1.29 is 9.90 Å². The van der Waals surface area contributed by atoms with Crippen molar-refractivity contribution in [2.24, 2.45) is 0 Å². The molecule has 0 radical (unpaired) electrons. The summed E-state index contributed by atoms with van der Waals surface area (Å²) in [6.45, 7) is 4.83. The molecule has 0 aliphatic carbocycles. The molecule has 0 atom stereocenters. The maximum atomic E-state index is 11.3. The first kappa shape index (κ1) is 14.4. The Labute approximate surface area is 92.7 Å². The zero-order valence-electron chi connectivity index (χ0n) is 10.3. The minimum absolute atomic E-state index is 0.113. The van der Waals surface area contributed by atoms with Crippen molar-refractivity contribution >= 4 is 5.91 Å². The van der Waals surface area contributed by atoms with E-state index in [4.69, 9.17) is 0 Å². The Balaban J connectivity index is 3.96. The zero-order valence-corrected chi connectivity index (χ0v) is 10.3. The lowest BCUT2D eigenvalue weighted by atomic mass is 9.94. The Kier molecular flexibility index (Phi) is 6.52. The van der Waals surface area contributed by atoms with Crippen LogP contribution in [0.3, 0.4) is 0 Å². The van der Waals surface area contributed by atoms with Crippen molar-refractivity contribution in [1.29, 1.82) is 0 Å². The lowest BCUT2D eigenvalue weighted by Gasteiger charge is -2.31. The first-order valence-electron chi connectivity index (χ1n) is 5.57. The number of nitrogens with zero attached hydrogens (tertiary/aromatic N) is 1. The van der Waals surface area contributed by atoms with Gasteiger partial charge in [0.15, 0.2) is 0 Å². The van der Waals surface area contributed by atoms with Gasteiger partial charge in [-0.1, -0.05) is 13.8 Å². The van der Waals surface area contributed by atoms with E-state index in [0.717, 1.165) is 12.8 Å². The standard InChI is InChI=1S/C11H24N2O2/c1-5-11(6-2,9-14)12-8-7-10(15)13(3)4/h12,14H,5-9H2,1-4H3. The van der Waals surface area contributed by atoms with Gasteiger partial charge in [0.2, 0.25) is 5.91 Å². The van der Waals surface area contributed by atoms with Crippen molar-refractivity contribution in [3.05, 3.63) is 0 Å². The fourth-order valence-electron chi connectivity index (χ4n) is 1.44. The second-order valence-corrected chi connectivity index (χ2v) is 4.11. The third-order valence-corrected chi connectivity index (χ3v) is 2.99. The van der Waals surface area contributed by atoms with Crippen LogP contribution >= 0.6 is 0 Å². The van der Waals surface area contributed by atoms with Gasteiger partial charge in [0.05, 0.1) is 6.61 Å². The largest absolute Gasteiger partial charge is 0.394 e. The number of aliphatic hydroxyl groups excluding tert-OH is 1. The predicted molar refractivity (Wildman–Crippen MR) is 61.7 cm³/mol. The molecule has 0 saturated heterocycles. The molecule has 4 nitrogen and oxygen atoms in total. The molecule has 1 amide bonds. The highest BCUT2D eigenvalue weighted by Gasteiger charge is 2.24. The fourth-order valence-corrected chi connectivity index (χ4v) is 1.44. The molecule has 0 aliphatic heterocycles. The summed E-state index contributed by atoms with van der Waals surface area (Å²) in [6, 6.07) is 0. The zero-order chi connectivity index (χ0) is 11.9. The molecule has 0 aromatic carbocycles. The minimum atomic E-state index is -0.216. The van der Waals surface area contributed by atoms with Crippen molar-refractivity contribution in [2.75, 3.05) is 27.2 Å². The van der Waals surface area contributed by atoms with Gasteiger partial charge >= 0.3 is 0 Å². The molecule has 0 spiro atoms. The molecule has 0 unspecified atom stereocenters. The smallest absolute Gasteiger partial charge is 0.223 e. The van der Waals surface area contributed by atoms with Gasteiger partial charge in [0.1, 0.15) is 0 Å². The van der Waals surface area contributed by atoms with Gasteiger partial charge in [-0.2, -0.15) is 0 Å². The monoisotopic (exact) mass is 216 g/mol. The molecule has 2 N–H and O–H groups in total. The van der Waals surface area contributed by atoms with E-state index >= 15 is 0 Å². The van der Waals surface area contributed by atoms with E-state index in [1.165, 1.54) is 0 Å². The number of hydrogen-bond acceptors (Lipinski definition) is 3. The second-order valence-electron chi connectivity index (χ2n) is 4.11. The molecule has 0 rings (SSSR count). The van der Waals surface area contributed by atoms with Gasteiger partial charge in [-0.05, 0) is 12.8 Å². The number of amides is 1. The highest BCUT2D eigenvalue weighted by molar-refractivity contribution is 5.75. The SMILES string of the molecule is CCC(CC)(CO)NCCC(=O)N(C)C. The van der Waals surface area contributed by atoms with E-state index in [1.807, 2.05) is 13.8 Å². The summed E-state index contributed by atoms with van der Waals surface area (Å²) >= 11 is 0. The average molecular weight is 216 g/mol. The second kappa shape index (κ2) is 6.80. The van der Waals surface area contributed by atoms with E-state index in [-0.39, 0.29) is 18.1 Å². The molecule has 90 valence electrons. The van der Waals surface area contributed by atoms with Crippen LogP contribution in [0.5, 0.6) is 0 Å². The summed E-state index contributed by atoms with van der Waals surface area (Å²) in [6.07, 6.45) is 2.22. The maximum Gasteiger partial charge on any atom is 0.223 e. The van der Waals surface area contributed by atoms with E-state index in [0.29, 0.717) is 13.0 Å². The van der Waals surface area contributed by atoms with Crippen molar-refractivity contribution in [3.63, 3.8) is 0 Å². The summed E-state index contributed by atoms with van der Waals surface area (Å²) < 4.78 is 0. The average Bonchev–Trinajstić information content (AvgIpc) is 2.24. The van der Waals surface area contributed by atoms with Crippen LogP contribution in [0.15, 0.2) is 0 Å². The Hall–Kier alpha value is -0.610. The summed E-state index contributed by atoms with van der Waals surface area (Å²) in [4.78, 5) is 12.9. The van der Waals surface area contributed by atoms with E-state index in [2.05, 4.69) is 5.32 Å². The fraction of sp³-hybridized carbons (Fsp3) is 0.909. The van der Waals surface area contributed by atoms with Crippen molar-refractivity contribution in [2.45, 2.75) is 38.6 Å². The van der Waals surface area contributed by atoms with Crippen LogP contribution < -0.4 is 5.32 Å². The summed E-state index contributed by atoms with van der Waals surface area (Å²) in [5.41, 5.74) is -0.216. The van der Waals surface area contributed by atoms with Gasteiger partial charge in [-0.25, -0.2) is 0 Å². The normalized spacial score (nSPS) is 11.5. The van der Waals surface area contributed by atoms with Crippen LogP contribution in [-0.2, 0) is 4.79 Å². The minimum Gasteiger partial charge on any atom is -0.394 e. The number of rotatable bonds is 7. The molecule has 15 heavy (non-hydrogen) atoms. The molecular formula is C11H24N2O2. The highest BCUT2D eigenvalue weighted by atomic mass is 16.3. The quantitative estimate of drug-likeness (QED) is 0.655. The van der Waals surface area contributed by atoms with E-state index < -0.39 is 0 Å². The Bertz CT molecular complexity index is 181. The first-order valence-corrected chi connectivity index (χ1v) is 5.57. The van der Waals surface area contributed by atoms with Gasteiger partial charge < -0.3 is 15.3 Å². The Morgan fingerprint density at radius 1 is 1.33 bits per heavy atom. The van der Waals surface area contributed by atoms with Crippen molar-refractivity contribution in [1.82, 2.24) is 10.2 Å². The summed E-state index contributed by atoms with van der Waals surface area (Å²) in [7, 11) is 3.50. The number of hydrogen-bond donors (Lipinski definition) is 2. The predicted octanol–water partition coefficient (Wildman–Crippen LogP) is 0.605. The molecule has 0 saturated carbocycles. The third kappa shape index (κ3) is 4.62. The van der Waals surface area contributed by atoms with Crippen LogP contribution in [0.25, 0.3) is 0 Å². The molecule has 0 aromatic rings. The lowest BCUT2D eigenvalue weighted by molar-refractivity contribution is -0.128. The topological polar surface area (TPSA) is 52.6 Å². The highest BCUT2D eigenvalue weighted by Crippen LogP contribution is 2.13. The third-order valence-electron chi connectivity index (χ3n) is 2.99. The Morgan fingerprint density at radius 2 is 1.87 bits per heavy atom. The van der Waals surface area contributed by atoms with Crippen LogP contribution in [0, 0.1) is 0 Å². The molecule has 0 fully saturated rings. The summed E-state index contributed by atoms with van der Waals surface area (Å²) in [5.74, 6) is 0.113. The number of nitrogens with one attached hydrogen (secondary N) is 1. The molecular weight excluding hydrogens is 192 g/mol. The first-order chi connectivity index (χ1) is 7.01. The van der Waals surface area contributed by atoms with Crippen LogP contribution in [0.4, 0.5) is 0 Å². The number of aliphatic hydroxyl groups is 1.